The SMILES string of the molecule is CCCOCCCNCc1ccn(C2CCCCC2)n1. The summed E-state index contributed by atoms with van der Waals surface area (Å²) in [6.07, 6.45) is 11.0. The fourth-order valence-corrected chi connectivity index (χ4v) is 2.78. The average molecular weight is 279 g/mol. The standard InChI is InChI=1S/C16H29N3O/c1-2-12-20-13-6-10-17-14-15-9-11-19(18-15)16-7-4-3-5-8-16/h9,11,16-17H,2-8,10,12-14H2,1H3. The van der Waals surface area contributed by atoms with Crippen molar-refractivity contribution in [1.29, 1.82) is 0 Å². The second-order valence-corrected chi connectivity index (χ2v) is 5.72. The number of hydrogen-bond acceptors (Lipinski definition) is 3. The Balaban J connectivity index is 1.60. The smallest absolute Gasteiger partial charge is 0.0762 e. The van der Waals surface area contributed by atoms with E-state index >= 15 is 0 Å². The van der Waals surface area contributed by atoms with Gasteiger partial charge in [-0.05, 0) is 38.3 Å². The molecule has 1 N–H and O–H groups in total. The van der Waals surface area contributed by atoms with E-state index in [9.17, 15) is 0 Å². The molecule has 0 amide bonds. The van der Waals surface area contributed by atoms with Gasteiger partial charge in [-0.2, -0.15) is 5.10 Å². The highest BCUT2D eigenvalue weighted by atomic mass is 16.5. The normalized spacial score (nSPS) is 16.6. The minimum Gasteiger partial charge on any atom is -0.381 e. The fraction of sp³-hybridized carbons (Fsp3) is 0.812. The molecule has 114 valence electrons. The molecule has 1 heterocycles. The van der Waals surface area contributed by atoms with E-state index < -0.39 is 0 Å². The molecule has 0 spiro atoms. The van der Waals surface area contributed by atoms with Gasteiger partial charge in [-0.1, -0.05) is 26.2 Å². The zero-order valence-electron chi connectivity index (χ0n) is 12.8. The Hall–Kier alpha value is -0.870. The number of aromatic nitrogens is 2. The minimum absolute atomic E-state index is 0.639. The first kappa shape index (κ1) is 15.5. The van der Waals surface area contributed by atoms with E-state index in [2.05, 4.69) is 29.2 Å². The van der Waals surface area contributed by atoms with Crippen molar-refractivity contribution in [1.82, 2.24) is 15.1 Å². The van der Waals surface area contributed by atoms with Gasteiger partial charge in [0.25, 0.3) is 0 Å². The first-order valence-corrected chi connectivity index (χ1v) is 8.22. The van der Waals surface area contributed by atoms with E-state index in [1.165, 1.54) is 32.1 Å². The van der Waals surface area contributed by atoms with Crippen molar-refractivity contribution in [3.05, 3.63) is 18.0 Å². The Morgan fingerprint density at radius 3 is 2.95 bits per heavy atom. The van der Waals surface area contributed by atoms with Crippen LogP contribution in [-0.2, 0) is 11.3 Å². The third-order valence-corrected chi connectivity index (χ3v) is 3.91. The van der Waals surface area contributed by atoms with Gasteiger partial charge in [-0.25, -0.2) is 0 Å². The van der Waals surface area contributed by atoms with Crippen LogP contribution in [0.4, 0.5) is 0 Å². The van der Waals surface area contributed by atoms with Crippen LogP contribution in [0.3, 0.4) is 0 Å². The van der Waals surface area contributed by atoms with Gasteiger partial charge < -0.3 is 10.1 Å². The molecule has 1 fully saturated rings. The summed E-state index contributed by atoms with van der Waals surface area (Å²) in [7, 11) is 0. The molecule has 0 aromatic carbocycles. The number of nitrogens with zero attached hydrogens (tertiary/aromatic N) is 2. The van der Waals surface area contributed by atoms with Crippen molar-refractivity contribution in [2.75, 3.05) is 19.8 Å². The molecule has 0 radical (unpaired) electrons. The second kappa shape index (κ2) is 9.14. The quantitative estimate of drug-likeness (QED) is 0.705. The van der Waals surface area contributed by atoms with E-state index in [1.54, 1.807) is 0 Å². The fourth-order valence-electron chi connectivity index (χ4n) is 2.78. The highest BCUT2D eigenvalue weighted by molar-refractivity contribution is 4.99. The molecule has 2 rings (SSSR count). The van der Waals surface area contributed by atoms with Gasteiger partial charge in [0.05, 0.1) is 11.7 Å². The first-order chi connectivity index (χ1) is 9.90. The average Bonchev–Trinajstić information content (AvgIpc) is 2.96. The molecule has 4 nitrogen and oxygen atoms in total. The molecule has 1 aromatic rings. The molecular formula is C16H29N3O. The number of hydrogen-bond donors (Lipinski definition) is 1. The minimum atomic E-state index is 0.639. The monoisotopic (exact) mass is 279 g/mol. The van der Waals surface area contributed by atoms with E-state index in [0.29, 0.717) is 6.04 Å². The lowest BCUT2D eigenvalue weighted by atomic mass is 9.96. The predicted molar refractivity (Wildman–Crippen MR) is 81.8 cm³/mol. The molecule has 0 aliphatic heterocycles. The maximum absolute atomic E-state index is 5.46. The summed E-state index contributed by atoms with van der Waals surface area (Å²) in [5.74, 6) is 0. The van der Waals surface area contributed by atoms with Gasteiger partial charge in [0, 0.05) is 26.0 Å². The molecule has 0 atom stereocenters. The summed E-state index contributed by atoms with van der Waals surface area (Å²) in [4.78, 5) is 0. The Morgan fingerprint density at radius 2 is 2.15 bits per heavy atom. The molecule has 1 aliphatic carbocycles. The molecule has 0 saturated heterocycles. The second-order valence-electron chi connectivity index (χ2n) is 5.72. The highest BCUT2D eigenvalue weighted by Crippen LogP contribution is 2.27. The molecule has 1 aliphatic rings. The molecule has 1 saturated carbocycles. The van der Waals surface area contributed by atoms with Crippen LogP contribution in [0.5, 0.6) is 0 Å². The van der Waals surface area contributed by atoms with Crippen molar-refractivity contribution in [3.8, 4) is 0 Å². The topological polar surface area (TPSA) is 39.1 Å². The van der Waals surface area contributed by atoms with Crippen LogP contribution in [0.2, 0.25) is 0 Å². The van der Waals surface area contributed by atoms with E-state index in [-0.39, 0.29) is 0 Å². The molecule has 20 heavy (non-hydrogen) atoms. The Morgan fingerprint density at radius 1 is 1.30 bits per heavy atom. The highest BCUT2D eigenvalue weighted by Gasteiger charge is 2.15. The van der Waals surface area contributed by atoms with Crippen LogP contribution < -0.4 is 5.32 Å². The van der Waals surface area contributed by atoms with Crippen LogP contribution in [0.15, 0.2) is 12.3 Å². The van der Waals surface area contributed by atoms with E-state index in [0.717, 1.165) is 44.8 Å². The molecule has 1 aromatic heterocycles. The summed E-state index contributed by atoms with van der Waals surface area (Å²) in [6.45, 7) is 5.75. The van der Waals surface area contributed by atoms with E-state index in [1.807, 2.05) is 0 Å². The van der Waals surface area contributed by atoms with Crippen molar-refractivity contribution in [2.24, 2.45) is 0 Å². The zero-order valence-corrected chi connectivity index (χ0v) is 12.8. The Labute approximate surface area is 122 Å². The third kappa shape index (κ3) is 5.25. The van der Waals surface area contributed by atoms with Gasteiger partial charge in [-0.15, -0.1) is 0 Å². The molecule has 0 unspecified atom stereocenters. The number of rotatable bonds is 9. The predicted octanol–water partition coefficient (Wildman–Crippen LogP) is 3.29. The van der Waals surface area contributed by atoms with Crippen LogP contribution >= 0.6 is 0 Å². The summed E-state index contributed by atoms with van der Waals surface area (Å²) in [5.41, 5.74) is 1.16. The Kier molecular flexibility index (Phi) is 7.09. The van der Waals surface area contributed by atoms with E-state index in [4.69, 9.17) is 9.84 Å². The van der Waals surface area contributed by atoms with Crippen molar-refractivity contribution in [2.45, 2.75) is 64.5 Å². The Bertz CT molecular complexity index is 358. The van der Waals surface area contributed by atoms with Crippen LogP contribution in [0.1, 0.15) is 63.6 Å². The summed E-state index contributed by atoms with van der Waals surface area (Å²) >= 11 is 0. The summed E-state index contributed by atoms with van der Waals surface area (Å²) < 4.78 is 7.64. The van der Waals surface area contributed by atoms with Gasteiger partial charge in [0.1, 0.15) is 0 Å². The molecular weight excluding hydrogens is 250 g/mol. The summed E-state index contributed by atoms with van der Waals surface area (Å²) in [5, 5.41) is 8.14. The van der Waals surface area contributed by atoms with Crippen molar-refractivity contribution < 1.29 is 4.74 Å². The van der Waals surface area contributed by atoms with Crippen molar-refractivity contribution in [3.63, 3.8) is 0 Å². The lowest BCUT2D eigenvalue weighted by Gasteiger charge is -2.21. The van der Waals surface area contributed by atoms with Crippen LogP contribution in [0.25, 0.3) is 0 Å². The van der Waals surface area contributed by atoms with Gasteiger partial charge in [-0.3, -0.25) is 4.68 Å². The number of ether oxygens (including phenoxy) is 1. The van der Waals surface area contributed by atoms with Crippen LogP contribution in [-0.4, -0.2) is 29.5 Å². The zero-order chi connectivity index (χ0) is 14.0. The molecule has 4 heteroatoms. The van der Waals surface area contributed by atoms with Crippen molar-refractivity contribution >= 4 is 0 Å². The lowest BCUT2D eigenvalue weighted by molar-refractivity contribution is 0.132. The van der Waals surface area contributed by atoms with Gasteiger partial charge in [0.2, 0.25) is 0 Å². The maximum Gasteiger partial charge on any atom is 0.0762 e. The first-order valence-electron chi connectivity index (χ1n) is 8.22. The largest absolute Gasteiger partial charge is 0.381 e. The third-order valence-electron chi connectivity index (χ3n) is 3.91. The van der Waals surface area contributed by atoms with Gasteiger partial charge >= 0.3 is 0 Å². The summed E-state index contributed by atoms with van der Waals surface area (Å²) in [6, 6.07) is 2.79. The maximum atomic E-state index is 5.46. The lowest BCUT2D eigenvalue weighted by Crippen LogP contribution is -2.18. The number of nitrogens with one attached hydrogen (secondary N) is 1. The molecule has 0 bridgehead atoms. The van der Waals surface area contributed by atoms with Crippen LogP contribution in [0, 0.1) is 0 Å². The van der Waals surface area contributed by atoms with Gasteiger partial charge in [0.15, 0.2) is 0 Å².